The maximum atomic E-state index is 12.6. The summed E-state index contributed by atoms with van der Waals surface area (Å²) >= 11 is 9.51. The van der Waals surface area contributed by atoms with Crippen LogP contribution in [0.3, 0.4) is 0 Å². The number of anilines is 2. The van der Waals surface area contributed by atoms with Gasteiger partial charge in [-0.2, -0.15) is 0 Å². The lowest BCUT2D eigenvalue weighted by Gasteiger charge is -2.16. The second-order valence-electron chi connectivity index (χ2n) is 7.52. The lowest BCUT2D eigenvalue weighted by Crippen LogP contribution is -2.30. The molecule has 3 aromatic rings. The molecule has 0 saturated heterocycles. The first kappa shape index (κ1) is 24.6. The Hall–Kier alpha value is -3.03. The molecule has 0 radical (unpaired) electrons. The van der Waals surface area contributed by atoms with Crippen molar-refractivity contribution in [3.8, 4) is 11.5 Å². The third-order valence-electron chi connectivity index (χ3n) is 4.48. The lowest BCUT2D eigenvalue weighted by molar-refractivity contribution is -0.122. The molecular weight excluding hydrogens is 508 g/mol. The highest BCUT2D eigenvalue weighted by atomic mass is 79.9. The van der Waals surface area contributed by atoms with Gasteiger partial charge in [0.05, 0.1) is 15.6 Å². The fourth-order valence-corrected chi connectivity index (χ4v) is 3.51. The second kappa shape index (κ2) is 11.2. The standard InChI is InChI=1S/C25H24BrClN2O4/c1-15(2)32-22-13-8-17(14-20(22)26)25(31)29-19-11-9-18(10-12-19)28-24(30)16(3)33-23-7-5-4-6-21(23)27/h4-16H,1-3H3,(H,28,30)(H,29,31). The van der Waals surface area contributed by atoms with Crippen molar-refractivity contribution < 1.29 is 19.1 Å². The Bertz CT molecular complexity index is 1140. The Morgan fingerprint density at radius 2 is 1.48 bits per heavy atom. The van der Waals surface area contributed by atoms with Gasteiger partial charge in [0.25, 0.3) is 11.8 Å². The Labute approximate surface area is 206 Å². The van der Waals surface area contributed by atoms with Crippen molar-refractivity contribution in [3.05, 3.63) is 81.8 Å². The molecule has 33 heavy (non-hydrogen) atoms. The summed E-state index contributed by atoms with van der Waals surface area (Å²) in [5.41, 5.74) is 1.66. The second-order valence-corrected chi connectivity index (χ2v) is 8.78. The largest absolute Gasteiger partial charge is 0.490 e. The fourth-order valence-electron chi connectivity index (χ4n) is 2.86. The lowest BCUT2D eigenvalue weighted by atomic mass is 10.2. The molecule has 0 bridgehead atoms. The minimum absolute atomic E-state index is 0.0330. The molecule has 172 valence electrons. The van der Waals surface area contributed by atoms with Crippen molar-refractivity contribution in [2.45, 2.75) is 33.0 Å². The molecule has 0 aromatic heterocycles. The zero-order valence-corrected chi connectivity index (χ0v) is 20.7. The number of carbonyl (C=O) groups excluding carboxylic acids is 2. The predicted molar refractivity (Wildman–Crippen MR) is 134 cm³/mol. The minimum atomic E-state index is -0.745. The van der Waals surface area contributed by atoms with Gasteiger partial charge < -0.3 is 20.1 Å². The summed E-state index contributed by atoms with van der Waals surface area (Å²) < 4.78 is 12.0. The highest BCUT2D eigenvalue weighted by Crippen LogP contribution is 2.28. The summed E-state index contributed by atoms with van der Waals surface area (Å²) in [6, 6.07) is 18.9. The SMILES string of the molecule is CC(C)Oc1ccc(C(=O)Nc2ccc(NC(=O)C(C)Oc3ccccc3Cl)cc2)cc1Br. The van der Waals surface area contributed by atoms with Gasteiger partial charge in [-0.15, -0.1) is 0 Å². The third kappa shape index (κ3) is 6.97. The first-order valence-electron chi connectivity index (χ1n) is 10.3. The monoisotopic (exact) mass is 530 g/mol. The number of rotatable bonds is 8. The molecule has 0 aliphatic heterocycles. The number of halogens is 2. The maximum Gasteiger partial charge on any atom is 0.265 e. The van der Waals surface area contributed by atoms with Crippen LogP contribution in [-0.4, -0.2) is 24.0 Å². The number of benzene rings is 3. The number of amides is 2. The Balaban J connectivity index is 1.57. The predicted octanol–water partition coefficient (Wildman–Crippen LogP) is 6.55. The Morgan fingerprint density at radius 3 is 2.09 bits per heavy atom. The van der Waals surface area contributed by atoms with Gasteiger partial charge in [0.1, 0.15) is 11.5 Å². The van der Waals surface area contributed by atoms with Gasteiger partial charge in [0, 0.05) is 16.9 Å². The summed E-state index contributed by atoms with van der Waals surface area (Å²) in [5.74, 6) is 0.537. The average Bonchev–Trinajstić information content (AvgIpc) is 2.77. The van der Waals surface area contributed by atoms with Crippen molar-refractivity contribution in [1.82, 2.24) is 0 Å². The van der Waals surface area contributed by atoms with E-state index < -0.39 is 6.10 Å². The van der Waals surface area contributed by atoms with Crippen LogP contribution in [0.25, 0.3) is 0 Å². The molecule has 2 N–H and O–H groups in total. The van der Waals surface area contributed by atoms with Crippen LogP contribution in [-0.2, 0) is 4.79 Å². The number of nitrogens with one attached hydrogen (secondary N) is 2. The average molecular weight is 532 g/mol. The highest BCUT2D eigenvalue weighted by molar-refractivity contribution is 9.10. The van der Waals surface area contributed by atoms with E-state index in [1.54, 1.807) is 73.7 Å². The summed E-state index contributed by atoms with van der Waals surface area (Å²) in [7, 11) is 0. The van der Waals surface area contributed by atoms with E-state index in [0.717, 1.165) is 0 Å². The van der Waals surface area contributed by atoms with Gasteiger partial charge in [0.15, 0.2) is 6.10 Å². The molecule has 8 heteroatoms. The normalized spacial score (nSPS) is 11.6. The van der Waals surface area contributed by atoms with Crippen LogP contribution in [0.15, 0.2) is 71.2 Å². The van der Waals surface area contributed by atoms with Crippen LogP contribution in [0.1, 0.15) is 31.1 Å². The molecule has 6 nitrogen and oxygen atoms in total. The maximum absolute atomic E-state index is 12.6. The number of ether oxygens (including phenoxy) is 2. The number of carbonyl (C=O) groups is 2. The van der Waals surface area contributed by atoms with E-state index in [4.69, 9.17) is 21.1 Å². The molecule has 0 aliphatic rings. The Kier molecular flexibility index (Phi) is 8.36. The fraction of sp³-hybridized carbons (Fsp3) is 0.200. The molecule has 1 unspecified atom stereocenters. The van der Waals surface area contributed by atoms with Crippen molar-refractivity contribution in [2.24, 2.45) is 0 Å². The van der Waals surface area contributed by atoms with Gasteiger partial charge in [-0.3, -0.25) is 9.59 Å². The van der Waals surface area contributed by atoms with Crippen molar-refractivity contribution in [3.63, 3.8) is 0 Å². The zero-order valence-electron chi connectivity index (χ0n) is 18.4. The van der Waals surface area contributed by atoms with Crippen LogP contribution in [0, 0.1) is 0 Å². The van der Waals surface area contributed by atoms with Gasteiger partial charge in [-0.25, -0.2) is 0 Å². The van der Waals surface area contributed by atoms with E-state index in [1.165, 1.54) is 0 Å². The zero-order chi connectivity index (χ0) is 24.0. The summed E-state index contributed by atoms with van der Waals surface area (Å²) in [5, 5.41) is 6.05. The molecule has 3 aromatic carbocycles. The molecule has 0 aliphatic carbocycles. The topological polar surface area (TPSA) is 76.7 Å². The molecular formula is C25H24BrClN2O4. The van der Waals surface area contributed by atoms with Crippen LogP contribution in [0.5, 0.6) is 11.5 Å². The summed E-state index contributed by atoms with van der Waals surface area (Å²) in [6.07, 6.45) is -0.712. The van der Waals surface area contributed by atoms with Crippen molar-refractivity contribution >= 4 is 50.7 Å². The molecule has 0 fully saturated rings. The minimum Gasteiger partial charge on any atom is -0.490 e. The first-order chi connectivity index (χ1) is 15.7. The van der Waals surface area contributed by atoms with Crippen LogP contribution in [0.4, 0.5) is 11.4 Å². The molecule has 3 rings (SSSR count). The van der Waals surface area contributed by atoms with E-state index in [1.807, 2.05) is 13.8 Å². The van der Waals surface area contributed by atoms with Gasteiger partial charge in [-0.1, -0.05) is 23.7 Å². The summed E-state index contributed by atoms with van der Waals surface area (Å²) in [6.45, 7) is 5.51. The number of hydrogen-bond acceptors (Lipinski definition) is 4. The van der Waals surface area contributed by atoms with Crippen molar-refractivity contribution in [1.29, 1.82) is 0 Å². The Morgan fingerprint density at radius 1 is 0.848 bits per heavy atom. The van der Waals surface area contributed by atoms with E-state index in [2.05, 4.69) is 26.6 Å². The van der Waals surface area contributed by atoms with Gasteiger partial charge in [-0.05, 0) is 91.3 Å². The van der Waals surface area contributed by atoms with Crippen molar-refractivity contribution in [2.75, 3.05) is 10.6 Å². The molecule has 1 atom stereocenters. The highest BCUT2D eigenvalue weighted by Gasteiger charge is 2.16. The van der Waals surface area contributed by atoms with E-state index in [9.17, 15) is 9.59 Å². The van der Waals surface area contributed by atoms with Gasteiger partial charge in [0.2, 0.25) is 0 Å². The number of para-hydroxylation sites is 1. The van der Waals surface area contributed by atoms with Gasteiger partial charge >= 0.3 is 0 Å². The smallest absolute Gasteiger partial charge is 0.265 e. The first-order valence-corrected chi connectivity index (χ1v) is 11.5. The third-order valence-corrected chi connectivity index (χ3v) is 5.41. The van der Waals surface area contributed by atoms with Crippen LogP contribution in [0.2, 0.25) is 5.02 Å². The molecule has 0 heterocycles. The molecule has 2 amide bonds. The van der Waals surface area contributed by atoms with E-state index in [-0.39, 0.29) is 17.9 Å². The molecule has 0 saturated carbocycles. The summed E-state index contributed by atoms with van der Waals surface area (Å²) in [4.78, 5) is 25.0. The van der Waals surface area contributed by atoms with E-state index in [0.29, 0.717) is 37.9 Å². The number of hydrogen-bond donors (Lipinski definition) is 2. The van der Waals surface area contributed by atoms with Crippen LogP contribution >= 0.6 is 27.5 Å². The quantitative estimate of drug-likeness (QED) is 0.346. The molecule has 0 spiro atoms. The van der Waals surface area contributed by atoms with E-state index >= 15 is 0 Å². The van der Waals surface area contributed by atoms with Crippen LogP contribution < -0.4 is 20.1 Å².